The Hall–Kier alpha value is -4.45. The van der Waals surface area contributed by atoms with Crippen LogP contribution in [-0.2, 0) is 4.74 Å². The standard InChI is InChI=1S/C29H28N8O2S/c38-29(32-23-12-7-13-30-20-23)37(15-14-36-16-18-39-19-17-36)28-34-25(31-22-10-5-2-6-11-22)24-27(35-28)40-26(33-24)21-8-3-1-4-9-21/h1-13,20H,14-19H2,(H,32,38)(H,31,34,35). The second-order valence-electron chi connectivity index (χ2n) is 9.18. The van der Waals surface area contributed by atoms with Gasteiger partial charge in [-0.25, -0.2) is 9.78 Å². The third kappa shape index (κ3) is 6.07. The lowest BCUT2D eigenvalue weighted by Gasteiger charge is -2.29. The summed E-state index contributed by atoms with van der Waals surface area (Å²) in [6.45, 7) is 4.04. The highest BCUT2D eigenvalue weighted by molar-refractivity contribution is 7.21. The lowest BCUT2D eigenvalue weighted by Crippen LogP contribution is -2.45. The summed E-state index contributed by atoms with van der Waals surface area (Å²) in [7, 11) is 0. The predicted octanol–water partition coefficient (Wildman–Crippen LogP) is 5.26. The quantitative estimate of drug-likeness (QED) is 0.268. The molecule has 6 rings (SSSR count). The molecule has 11 heteroatoms. The Bertz CT molecular complexity index is 1560. The lowest BCUT2D eigenvalue weighted by molar-refractivity contribution is 0.0393. The zero-order valence-corrected chi connectivity index (χ0v) is 22.6. The van der Waals surface area contributed by atoms with Crippen LogP contribution in [-0.4, -0.2) is 70.3 Å². The third-order valence-corrected chi connectivity index (χ3v) is 7.45. The number of urea groups is 1. The summed E-state index contributed by atoms with van der Waals surface area (Å²) in [6, 6.07) is 23.0. The van der Waals surface area contributed by atoms with E-state index < -0.39 is 0 Å². The second-order valence-corrected chi connectivity index (χ2v) is 10.2. The molecule has 2 aromatic carbocycles. The molecule has 2 N–H and O–H groups in total. The minimum absolute atomic E-state index is 0.295. The van der Waals surface area contributed by atoms with Gasteiger partial charge in [0.2, 0.25) is 5.95 Å². The van der Waals surface area contributed by atoms with Crippen LogP contribution in [0.4, 0.5) is 27.9 Å². The van der Waals surface area contributed by atoms with Gasteiger partial charge in [0.1, 0.15) is 10.5 Å². The Morgan fingerprint density at radius 2 is 1.68 bits per heavy atom. The number of nitrogens with one attached hydrogen (secondary N) is 2. The number of hydrogen-bond acceptors (Lipinski definition) is 9. The van der Waals surface area contributed by atoms with E-state index in [1.54, 1.807) is 29.4 Å². The first-order valence-electron chi connectivity index (χ1n) is 13.1. The smallest absolute Gasteiger partial charge is 0.328 e. The lowest BCUT2D eigenvalue weighted by atomic mass is 10.2. The van der Waals surface area contributed by atoms with Crippen molar-refractivity contribution in [1.29, 1.82) is 0 Å². The van der Waals surface area contributed by atoms with Crippen LogP contribution in [0.15, 0.2) is 85.2 Å². The number of carbonyl (C=O) groups excluding carboxylic acids is 1. The number of para-hydroxylation sites is 1. The van der Waals surface area contributed by atoms with Crippen molar-refractivity contribution < 1.29 is 9.53 Å². The van der Waals surface area contributed by atoms with Crippen molar-refractivity contribution in [3.8, 4) is 10.6 Å². The molecule has 5 aromatic rings. The van der Waals surface area contributed by atoms with Crippen LogP contribution >= 0.6 is 11.3 Å². The molecule has 1 fully saturated rings. The highest BCUT2D eigenvalue weighted by Crippen LogP contribution is 2.34. The van der Waals surface area contributed by atoms with Gasteiger partial charge in [0, 0.05) is 43.6 Å². The van der Waals surface area contributed by atoms with Crippen molar-refractivity contribution >= 4 is 50.9 Å². The summed E-state index contributed by atoms with van der Waals surface area (Å²) in [5.74, 6) is 0.832. The van der Waals surface area contributed by atoms with Crippen molar-refractivity contribution in [2.45, 2.75) is 0 Å². The number of morpholine rings is 1. The van der Waals surface area contributed by atoms with Crippen molar-refractivity contribution in [3.63, 3.8) is 0 Å². The molecular formula is C29H28N8O2S. The first-order valence-corrected chi connectivity index (χ1v) is 13.9. The normalized spacial score (nSPS) is 13.7. The van der Waals surface area contributed by atoms with Gasteiger partial charge >= 0.3 is 6.03 Å². The number of aromatic nitrogens is 4. The number of amides is 2. The number of carbonyl (C=O) groups is 1. The number of nitrogens with zero attached hydrogens (tertiary/aromatic N) is 6. The molecule has 0 saturated carbocycles. The maximum absolute atomic E-state index is 13.6. The summed E-state index contributed by atoms with van der Waals surface area (Å²) < 4.78 is 5.50. The van der Waals surface area contributed by atoms with E-state index in [9.17, 15) is 4.79 Å². The highest BCUT2D eigenvalue weighted by Gasteiger charge is 2.24. The van der Waals surface area contributed by atoms with Crippen LogP contribution in [0.2, 0.25) is 0 Å². The number of fused-ring (bicyclic) bond motifs is 1. The van der Waals surface area contributed by atoms with E-state index in [1.807, 2.05) is 60.7 Å². The Morgan fingerprint density at radius 1 is 0.925 bits per heavy atom. The van der Waals surface area contributed by atoms with Crippen molar-refractivity contribution in [3.05, 3.63) is 85.2 Å². The number of benzene rings is 2. The summed E-state index contributed by atoms with van der Waals surface area (Å²) >= 11 is 1.47. The molecule has 1 aliphatic heterocycles. The Labute approximate surface area is 235 Å². The summed E-state index contributed by atoms with van der Waals surface area (Å²) in [4.78, 5) is 36.9. The maximum atomic E-state index is 13.6. The molecule has 0 aliphatic carbocycles. The molecule has 0 radical (unpaired) electrons. The van der Waals surface area contributed by atoms with E-state index in [-0.39, 0.29) is 6.03 Å². The van der Waals surface area contributed by atoms with Gasteiger partial charge in [-0.15, -0.1) is 0 Å². The Kier molecular flexibility index (Phi) is 7.85. The molecule has 40 heavy (non-hydrogen) atoms. The number of ether oxygens (including phenoxy) is 1. The number of anilines is 4. The molecule has 1 aliphatic rings. The zero-order valence-electron chi connectivity index (χ0n) is 21.7. The van der Waals surface area contributed by atoms with Crippen molar-refractivity contribution in [2.24, 2.45) is 0 Å². The summed E-state index contributed by atoms with van der Waals surface area (Å²) in [5, 5.41) is 7.18. The SMILES string of the molecule is O=C(Nc1cccnc1)N(CCN1CCOCC1)c1nc(Nc2ccccc2)c2nc(-c3ccccc3)sc2n1. The molecule has 4 heterocycles. The van der Waals surface area contributed by atoms with Gasteiger partial charge in [0.25, 0.3) is 0 Å². The van der Waals surface area contributed by atoms with E-state index >= 15 is 0 Å². The van der Waals surface area contributed by atoms with Gasteiger partial charge < -0.3 is 15.4 Å². The Balaban J connectivity index is 1.40. The number of rotatable bonds is 8. The van der Waals surface area contributed by atoms with Crippen LogP contribution in [0.5, 0.6) is 0 Å². The fourth-order valence-corrected chi connectivity index (χ4v) is 5.31. The molecule has 2 amide bonds. The molecule has 0 unspecified atom stereocenters. The molecule has 0 spiro atoms. The number of thiazole rings is 1. The van der Waals surface area contributed by atoms with Gasteiger partial charge in [-0.05, 0) is 24.3 Å². The topological polar surface area (TPSA) is 108 Å². The average molecular weight is 553 g/mol. The molecule has 3 aromatic heterocycles. The van der Waals surface area contributed by atoms with Crippen LogP contribution in [0.1, 0.15) is 0 Å². The van der Waals surface area contributed by atoms with E-state index in [0.29, 0.717) is 54.1 Å². The van der Waals surface area contributed by atoms with Crippen LogP contribution in [0, 0.1) is 0 Å². The summed E-state index contributed by atoms with van der Waals surface area (Å²) in [6.07, 6.45) is 3.28. The molecule has 202 valence electrons. The fourth-order valence-electron chi connectivity index (χ4n) is 4.37. The monoisotopic (exact) mass is 552 g/mol. The van der Waals surface area contributed by atoms with Gasteiger partial charge in [0.05, 0.1) is 25.1 Å². The van der Waals surface area contributed by atoms with Crippen LogP contribution < -0.4 is 15.5 Å². The van der Waals surface area contributed by atoms with Crippen molar-refractivity contribution in [2.75, 3.05) is 54.9 Å². The molecule has 0 bridgehead atoms. The molecular weight excluding hydrogens is 524 g/mol. The van der Waals surface area contributed by atoms with Gasteiger partial charge in [0.15, 0.2) is 10.6 Å². The third-order valence-electron chi connectivity index (χ3n) is 6.45. The molecule has 10 nitrogen and oxygen atoms in total. The van der Waals surface area contributed by atoms with E-state index in [2.05, 4.69) is 20.5 Å². The van der Waals surface area contributed by atoms with Crippen molar-refractivity contribution in [1.82, 2.24) is 24.8 Å². The minimum atomic E-state index is -0.334. The largest absolute Gasteiger partial charge is 0.379 e. The van der Waals surface area contributed by atoms with Crippen LogP contribution in [0.25, 0.3) is 20.9 Å². The second kappa shape index (κ2) is 12.2. The first-order chi connectivity index (χ1) is 19.7. The zero-order chi connectivity index (χ0) is 27.1. The Morgan fingerprint density at radius 3 is 2.42 bits per heavy atom. The van der Waals surface area contributed by atoms with E-state index in [0.717, 1.165) is 29.3 Å². The van der Waals surface area contributed by atoms with Gasteiger partial charge in [-0.3, -0.25) is 14.8 Å². The minimum Gasteiger partial charge on any atom is -0.379 e. The maximum Gasteiger partial charge on any atom is 0.328 e. The van der Waals surface area contributed by atoms with Gasteiger partial charge in [-0.1, -0.05) is 59.9 Å². The highest BCUT2D eigenvalue weighted by atomic mass is 32.1. The van der Waals surface area contributed by atoms with Gasteiger partial charge in [-0.2, -0.15) is 9.97 Å². The first kappa shape index (κ1) is 25.8. The number of pyridine rings is 1. The average Bonchev–Trinajstić information content (AvgIpc) is 3.44. The van der Waals surface area contributed by atoms with Crippen LogP contribution in [0.3, 0.4) is 0 Å². The summed E-state index contributed by atoms with van der Waals surface area (Å²) in [5.41, 5.74) is 3.10. The number of hydrogen-bond donors (Lipinski definition) is 2. The predicted molar refractivity (Wildman–Crippen MR) is 158 cm³/mol. The fraction of sp³-hybridized carbons (Fsp3) is 0.207. The molecule has 1 saturated heterocycles. The van der Waals surface area contributed by atoms with E-state index in [4.69, 9.17) is 19.7 Å². The van der Waals surface area contributed by atoms with E-state index in [1.165, 1.54) is 11.3 Å². The molecule has 0 atom stereocenters.